The molecule has 2 nitrogen and oxygen atoms in total. The molecule has 0 aromatic rings. The van der Waals surface area contributed by atoms with Gasteiger partial charge in [-0.05, 0) is 19.3 Å². The van der Waals surface area contributed by atoms with Gasteiger partial charge >= 0.3 is 0 Å². The van der Waals surface area contributed by atoms with E-state index in [9.17, 15) is 4.79 Å². The van der Waals surface area contributed by atoms with E-state index in [1.54, 1.807) is 0 Å². The minimum absolute atomic E-state index is 0.159. The highest BCUT2D eigenvalue weighted by Gasteiger charge is 2.26. The standard InChI is InChI=1S/C9H19NO/c1-5-8(11)9(4,10)6-7(2)3/h7H,5-6,10H2,1-4H3/t9-/m0/s1. The number of hydrogen-bond donors (Lipinski definition) is 1. The molecule has 0 spiro atoms. The van der Waals surface area contributed by atoms with Crippen molar-refractivity contribution in [2.45, 2.75) is 46.1 Å². The van der Waals surface area contributed by atoms with Crippen molar-refractivity contribution in [1.82, 2.24) is 0 Å². The minimum atomic E-state index is -0.608. The normalized spacial score (nSPS) is 16.5. The molecule has 0 aliphatic rings. The third kappa shape index (κ3) is 3.51. The van der Waals surface area contributed by atoms with Crippen molar-refractivity contribution in [3.63, 3.8) is 0 Å². The van der Waals surface area contributed by atoms with E-state index in [4.69, 9.17) is 5.73 Å². The first-order valence-corrected chi connectivity index (χ1v) is 4.22. The molecule has 0 amide bonds. The Morgan fingerprint density at radius 1 is 1.55 bits per heavy atom. The van der Waals surface area contributed by atoms with E-state index in [0.29, 0.717) is 12.3 Å². The van der Waals surface area contributed by atoms with Crippen molar-refractivity contribution in [3.05, 3.63) is 0 Å². The van der Waals surface area contributed by atoms with Crippen molar-refractivity contribution in [2.75, 3.05) is 0 Å². The Bertz CT molecular complexity index is 138. The molecule has 0 rings (SSSR count). The van der Waals surface area contributed by atoms with Crippen molar-refractivity contribution >= 4 is 5.78 Å². The Morgan fingerprint density at radius 2 is 2.00 bits per heavy atom. The Labute approximate surface area is 69.2 Å². The fraction of sp³-hybridized carbons (Fsp3) is 0.889. The van der Waals surface area contributed by atoms with Crippen LogP contribution in [0.1, 0.15) is 40.5 Å². The van der Waals surface area contributed by atoms with E-state index < -0.39 is 5.54 Å². The molecule has 66 valence electrons. The first-order valence-electron chi connectivity index (χ1n) is 4.22. The van der Waals surface area contributed by atoms with Gasteiger partial charge in [0.15, 0.2) is 5.78 Å². The SMILES string of the molecule is CCC(=O)[C@@](C)(N)CC(C)C. The van der Waals surface area contributed by atoms with E-state index in [2.05, 4.69) is 13.8 Å². The maximum atomic E-state index is 11.2. The maximum absolute atomic E-state index is 11.2. The molecular formula is C9H19NO. The predicted molar refractivity (Wildman–Crippen MR) is 47.3 cm³/mol. The fourth-order valence-corrected chi connectivity index (χ4v) is 1.37. The van der Waals surface area contributed by atoms with Crippen molar-refractivity contribution in [2.24, 2.45) is 11.7 Å². The summed E-state index contributed by atoms with van der Waals surface area (Å²) >= 11 is 0. The van der Waals surface area contributed by atoms with E-state index in [0.717, 1.165) is 6.42 Å². The molecule has 0 aromatic heterocycles. The number of rotatable bonds is 4. The summed E-state index contributed by atoms with van der Waals surface area (Å²) < 4.78 is 0. The highest BCUT2D eigenvalue weighted by atomic mass is 16.1. The maximum Gasteiger partial charge on any atom is 0.152 e. The molecule has 0 radical (unpaired) electrons. The summed E-state index contributed by atoms with van der Waals surface area (Å²) in [5, 5.41) is 0. The average molecular weight is 157 g/mol. The lowest BCUT2D eigenvalue weighted by Crippen LogP contribution is -2.45. The first-order chi connectivity index (χ1) is 4.90. The van der Waals surface area contributed by atoms with E-state index >= 15 is 0 Å². The lowest BCUT2D eigenvalue weighted by molar-refractivity contribution is -0.123. The second kappa shape index (κ2) is 3.86. The monoisotopic (exact) mass is 157 g/mol. The molecule has 0 heterocycles. The van der Waals surface area contributed by atoms with Crippen LogP contribution in [0.25, 0.3) is 0 Å². The van der Waals surface area contributed by atoms with Crippen LogP contribution < -0.4 is 5.73 Å². The number of nitrogens with two attached hydrogens (primary N) is 1. The number of carbonyl (C=O) groups excluding carboxylic acids is 1. The summed E-state index contributed by atoms with van der Waals surface area (Å²) in [5.41, 5.74) is 5.21. The van der Waals surface area contributed by atoms with Gasteiger partial charge in [0.05, 0.1) is 5.54 Å². The molecule has 2 N–H and O–H groups in total. The molecule has 0 aliphatic heterocycles. The molecule has 0 aromatic carbocycles. The van der Waals surface area contributed by atoms with Crippen LogP contribution in [0.2, 0.25) is 0 Å². The second-order valence-corrected chi connectivity index (χ2v) is 3.79. The zero-order valence-electron chi connectivity index (χ0n) is 7.98. The van der Waals surface area contributed by atoms with E-state index in [1.165, 1.54) is 0 Å². The summed E-state index contributed by atoms with van der Waals surface area (Å²) in [4.78, 5) is 11.2. The molecule has 0 aliphatic carbocycles. The van der Waals surface area contributed by atoms with Crippen molar-refractivity contribution < 1.29 is 4.79 Å². The Hall–Kier alpha value is -0.370. The van der Waals surface area contributed by atoms with Crippen LogP contribution in [0.15, 0.2) is 0 Å². The van der Waals surface area contributed by atoms with Crippen molar-refractivity contribution in [3.8, 4) is 0 Å². The van der Waals surface area contributed by atoms with E-state index in [1.807, 2.05) is 13.8 Å². The third-order valence-corrected chi connectivity index (χ3v) is 1.79. The average Bonchev–Trinajstić information content (AvgIpc) is 1.83. The Balaban J connectivity index is 4.09. The fourth-order valence-electron chi connectivity index (χ4n) is 1.37. The second-order valence-electron chi connectivity index (χ2n) is 3.79. The van der Waals surface area contributed by atoms with Gasteiger partial charge in [-0.1, -0.05) is 20.8 Å². The molecule has 0 bridgehead atoms. The van der Waals surface area contributed by atoms with Crippen LogP contribution >= 0.6 is 0 Å². The third-order valence-electron chi connectivity index (χ3n) is 1.79. The van der Waals surface area contributed by atoms with Gasteiger partial charge in [0, 0.05) is 6.42 Å². The van der Waals surface area contributed by atoms with Gasteiger partial charge in [-0.2, -0.15) is 0 Å². The van der Waals surface area contributed by atoms with Crippen LogP contribution in [-0.2, 0) is 4.79 Å². The summed E-state index contributed by atoms with van der Waals surface area (Å²) in [6, 6.07) is 0. The van der Waals surface area contributed by atoms with Gasteiger partial charge in [-0.25, -0.2) is 0 Å². The van der Waals surface area contributed by atoms with Crippen molar-refractivity contribution in [1.29, 1.82) is 0 Å². The number of Topliss-reactive ketones (excluding diaryl/α,β-unsaturated/α-hetero) is 1. The van der Waals surface area contributed by atoms with E-state index in [-0.39, 0.29) is 5.78 Å². The van der Waals surface area contributed by atoms with Gasteiger partial charge in [-0.15, -0.1) is 0 Å². The van der Waals surface area contributed by atoms with Gasteiger partial charge in [0.1, 0.15) is 0 Å². The largest absolute Gasteiger partial charge is 0.319 e. The van der Waals surface area contributed by atoms with Crippen LogP contribution in [-0.4, -0.2) is 11.3 Å². The molecule has 2 heteroatoms. The molecule has 0 saturated carbocycles. The Morgan fingerprint density at radius 3 is 2.27 bits per heavy atom. The van der Waals surface area contributed by atoms with Gasteiger partial charge in [0.25, 0.3) is 0 Å². The molecule has 11 heavy (non-hydrogen) atoms. The quantitative estimate of drug-likeness (QED) is 0.675. The summed E-state index contributed by atoms with van der Waals surface area (Å²) in [7, 11) is 0. The minimum Gasteiger partial charge on any atom is -0.319 e. The number of carbonyl (C=O) groups is 1. The van der Waals surface area contributed by atoms with Crippen LogP contribution in [0.5, 0.6) is 0 Å². The summed E-state index contributed by atoms with van der Waals surface area (Å²) in [6.45, 7) is 7.83. The zero-order chi connectivity index (χ0) is 9.07. The highest BCUT2D eigenvalue weighted by molar-refractivity contribution is 5.87. The number of ketones is 1. The van der Waals surface area contributed by atoms with Crippen LogP contribution in [0.4, 0.5) is 0 Å². The van der Waals surface area contributed by atoms with Crippen LogP contribution in [0, 0.1) is 5.92 Å². The Kier molecular flexibility index (Phi) is 3.73. The lowest BCUT2D eigenvalue weighted by atomic mass is 9.87. The van der Waals surface area contributed by atoms with Gasteiger partial charge < -0.3 is 5.73 Å². The molecular weight excluding hydrogens is 138 g/mol. The van der Waals surface area contributed by atoms with Crippen LogP contribution in [0.3, 0.4) is 0 Å². The molecule has 0 fully saturated rings. The highest BCUT2D eigenvalue weighted by Crippen LogP contribution is 2.15. The topological polar surface area (TPSA) is 43.1 Å². The smallest absolute Gasteiger partial charge is 0.152 e. The molecule has 0 saturated heterocycles. The molecule has 1 atom stereocenters. The zero-order valence-corrected chi connectivity index (χ0v) is 7.98. The first kappa shape index (κ1) is 10.6. The lowest BCUT2D eigenvalue weighted by Gasteiger charge is -2.24. The summed E-state index contributed by atoms with van der Waals surface area (Å²) in [5.74, 6) is 0.645. The van der Waals surface area contributed by atoms with Gasteiger partial charge in [-0.3, -0.25) is 4.79 Å². The molecule has 0 unspecified atom stereocenters. The predicted octanol–water partition coefficient (Wildman–Crippen LogP) is 1.73. The van der Waals surface area contributed by atoms with Gasteiger partial charge in [0.2, 0.25) is 0 Å². The number of hydrogen-bond acceptors (Lipinski definition) is 2. The summed E-state index contributed by atoms with van der Waals surface area (Å²) in [6.07, 6.45) is 1.32.